The van der Waals surface area contributed by atoms with Gasteiger partial charge in [0.25, 0.3) is 0 Å². The molecule has 0 saturated carbocycles. The molecule has 0 radical (unpaired) electrons. The zero-order valence-electron chi connectivity index (χ0n) is 7.39. The van der Waals surface area contributed by atoms with Crippen LogP contribution >= 0.6 is 0 Å². The van der Waals surface area contributed by atoms with Crippen molar-refractivity contribution in [1.82, 2.24) is 5.32 Å². The van der Waals surface area contributed by atoms with Gasteiger partial charge in [-0.05, 0) is 19.9 Å². The third-order valence-electron chi connectivity index (χ3n) is 2.19. The van der Waals surface area contributed by atoms with E-state index in [1.807, 2.05) is 14.0 Å². The zero-order valence-corrected chi connectivity index (χ0v) is 7.39. The van der Waals surface area contributed by atoms with Crippen LogP contribution < -0.4 is 5.32 Å². The highest BCUT2D eigenvalue weighted by atomic mass is 16.3. The smallest absolute Gasteiger partial charge is 0.0715 e. The minimum Gasteiger partial charge on any atom is -0.391 e. The molecule has 0 bridgehead atoms. The summed E-state index contributed by atoms with van der Waals surface area (Å²) in [5.74, 6) is 0.391. The van der Waals surface area contributed by atoms with Crippen molar-refractivity contribution in [2.45, 2.75) is 39.3 Å². The van der Waals surface area contributed by atoms with Crippen LogP contribution in [-0.4, -0.2) is 24.3 Å². The lowest BCUT2D eigenvalue weighted by molar-refractivity contribution is 0.0832. The second-order valence-electron chi connectivity index (χ2n) is 2.95. The SMILES string of the molecule is CCC(C)C(O)C(C)NC. The van der Waals surface area contributed by atoms with Gasteiger partial charge in [-0.25, -0.2) is 0 Å². The number of hydrogen-bond acceptors (Lipinski definition) is 2. The fraction of sp³-hybridized carbons (Fsp3) is 1.00. The maximum atomic E-state index is 9.52. The van der Waals surface area contributed by atoms with Crippen LogP contribution in [0.4, 0.5) is 0 Å². The molecule has 0 saturated heterocycles. The van der Waals surface area contributed by atoms with Gasteiger partial charge in [0.15, 0.2) is 0 Å². The standard InChI is InChI=1S/C8H19NO/c1-5-6(2)8(10)7(3)9-4/h6-10H,5H2,1-4H3. The summed E-state index contributed by atoms with van der Waals surface area (Å²) in [5, 5.41) is 12.6. The van der Waals surface area contributed by atoms with E-state index in [1.54, 1.807) is 0 Å². The molecule has 0 aromatic rings. The van der Waals surface area contributed by atoms with Crippen molar-refractivity contribution >= 4 is 0 Å². The van der Waals surface area contributed by atoms with E-state index >= 15 is 0 Å². The summed E-state index contributed by atoms with van der Waals surface area (Å²) in [4.78, 5) is 0. The van der Waals surface area contributed by atoms with E-state index in [0.717, 1.165) is 6.42 Å². The summed E-state index contributed by atoms with van der Waals surface area (Å²) in [6, 6.07) is 0.204. The highest BCUT2D eigenvalue weighted by Gasteiger charge is 2.17. The fourth-order valence-corrected chi connectivity index (χ4v) is 0.905. The van der Waals surface area contributed by atoms with Gasteiger partial charge < -0.3 is 10.4 Å². The Hall–Kier alpha value is -0.0800. The number of hydrogen-bond donors (Lipinski definition) is 2. The van der Waals surface area contributed by atoms with E-state index in [1.165, 1.54) is 0 Å². The topological polar surface area (TPSA) is 32.3 Å². The van der Waals surface area contributed by atoms with E-state index in [2.05, 4.69) is 19.2 Å². The third kappa shape index (κ3) is 2.67. The highest BCUT2D eigenvalue weighted by Crippen LogP contribution is 2.09. The Kier molecular flexibility index (Phi) is 4.65. The van der Waals surface area contributed by atoms with E-state index in [4.69, 9.17) is 0 Å². The Morgan fingerprint density at radius 1 is 1.40 bits per heavy atom. The van der Waals surface area contributed by atoms with Gasteiger partial charge in [0.05, 0.1) is 6.10 Å². The van der Waals surface area contributed by atoms with Gasteiger partial charge in [-0.3, -0.25) is 0 Å². The van der Waals surface area contributed by atoms with Gasteiger partial charge in [-0.15, -0.1) is 0 Å². The molecule has 62 valence electrons. The molecule has 0 amide bonds. The number of aliphatic hydroxyl groups excluding tert-OH is 1. The van der Waals surface area contributed by atoms with E-state index < -0.39 is 0 Å². The normalized spacial score (nSPS) is 20.1. The Bertz CT molecular complexity index is 75.3. The first-order valence-corrected chi connectivity index (χ1v) is 3.98. The summed E-state index contributed by atoms with van der Waals surface area (Å²) in [6.45, 7) is 6.16. The molecular weight excluding hydrogens is 126 g/mol. The maximum Gasteiger partial charge on any atom is 0.0715 e. The van der Waals surface area contributed by atoms with Gasteiger partial charge in [0, 0.05) is 6.04 Å². The summed E-state index contributed by atoms with van der Waals surface area (Å²) in [7, 11) is 1.87. The van der Waals surface area contributed by atoms with Gasteiger partial charge in [0.1, 0.15) is 0 Å². The lowest BCUT2D eigenvalue weighted by atomic mass is 9.97. The molecule has 0 aromatic carbocycles. The first kappa shape index (κ1) is 9.92. The fourth-order valence-electron chi connectivity index (χ4n) is 0.905. The predicted molar refractivity (Wildman–Crippen MR) is 44.0 cm³/mol. The van der Waals surface area contributed by atoms with Crippen molar-refractivity contribution in [3.63, 3.8) is 0 Å². The van der Waals surface area contributed by atoms with Crippen LogP contribution in [0, 0.1) is 5.92 Å². The minimum atomic E-state index is -0.213. The maximum absolute atomic E-state index is 9.52. The van der Waals surface area contributed by atoms with Gasteiger partial charge in [-0.1, -0.05) is 20.3 Å². The second-order valence-corrected chi connectivity index (χ2v) is 2.95. The molecule has 2 N–H and O–H groups in total. The van der Waals surface area contributed by atoms with Crippen LogP contribution in [0.2, 0.25) is 0 Å². The monoisotopic (exact) mass is 145 g/mol. The molecule has 2 nitrogen and oxygen atoms in total. The van der Waals surface area contributed by atoms with Crippen LogP contribution in [-0.2, 0) is 0 Å². The molecule has 0 aliphatic heterocycles. The summed E-state index contributed by atoms with van der Waals surface area (Å²) < 4.78 is 0. The third-order valence-corrected chi connectivity index (χ3v) is 2.19. The first-order valence-electron chi connectivity index (χ1n) is 3.98. The van der Waals surface area contributed by atoms with Crippen molar-refractivity contribution in [3.8, 4) is 0 Å². The number of rotatable bonds is 4. The number of nitrogens with one attached hydrogen (secondary N) is 1. The number of aliphatic hydroxyl groups is 1. The second kappa shape index (κ2) is 4.69. The molecule has 10 heavy (non-hydrogen) atoms. The van der Waals surface area contributed by atoms with Crippen LogP contribution in [0.5, 0.6) is 0 Å². The van der Waals surface area contributed by atoms with Crippen molar-refractivity contribution in [1.29, 1.82) is 0 Å². The zero-order chi connectivity index (χ0) is 8.15. The Labute approximate surface area is 63.6 Å². The lowest BCUT2D eigenvalue weighted by Gasteiger charge is -2.23. The molecule has 0 aromatic heterocycles. The average molecular weight is 145 g/mol. The molecule has 0 rings (SSSR count). The van der Waals surface area contributed by atoms with Gasteiger partial charge in [0.2, 0.25) is 0 Å². The molecule has 0 spiro atoms. The van der Waals surface area contributed by atoms with E-state index in [0.29, 0.717) is 5.92 Å². The molecular formula is C8H19NO. The molecule has 0 fully saturated rings. The Morgan fingerprint density at radius 3 is 2.20 bits per heavy atom. The summed E-state index contributed by atoms with van der Waals surface area (Å²) in [5.41, 5.74) is 0. The number of likely N-dealkylation sites (N-methyl/N-ethyl adjacent to an activating group) is 1. The van der Waals surface area contributed by atoms with Crippen LogP contribution in [0.3, 0.4) is 0 Å². The van der Waals surface area contributed by atoms with Gasteiger partial charge in [-0.2, -0.15) is 0 Å². The van der Waals surface area contributed by atoms with E-state index in [9.17, 15) is 5.11 Å². The Balaban J connectivity index is 3.69. The largest absolute Gasteiger partial charge is 0.391 e. The lowest BCUT2D eigenvalue weighted by Crippen LogP contribution is -2.38. The first-order chi connectivity index (χ1) is 4.63. The van der Waals surface area contributed by atoms with Gasteiger partial charge >= 0.3 is 0 Å². The average Bonchev–Trinajstić information content (AvgIpc) is 2.00. The highest BCUT2D eigenvalue weighted by molar-refractivity contribution is 4.73. The molecule has 3 unspecified atom stereocenters. The summed E-state index contributed by atoms with van der Waals surface area (Å²) in [6.07, 6.45) is 0.822. The molecule has 0 aliphatic carbocycles. The molecule has 0 heterocycles. The van der Waals surface area contributed by atoms with Crippen molar-refractivity contribution in [3.05, 3.63) is 0 Å². The molecule has 3 atom stereocenters. The minimum absolute atomic E-state index is 0.204. The van der Waals surface area contributed by atoms with Crippen molar-refractivity contribution in [2.75, 3.05) is 7.05 Å². The molecule has 2 heteroatoms. The van der Waals surface area contributed by atoms with E-state index in [-0.39, 0.29) is 12.1 Å². The van der Waals surface area contributed by atoms with Crippen molar-refractivity contribution < 1.29 is 5.11 Å². The Morgan fingerprint density at radius 2 is 1.90 bits per heavy atom. The molecule has 0 aliphatic rings. The van der Waals surface area contributed by atoms with Crippen LogP contribution in [0.1, 0.15) is 27.2 Å². The van der Waals surface area contributed by atoms with Crippen molar-refractivity contribution in [2.24, 2.45) is 5.92 Å². The predicted octanol–water partition coefficient (Wildman–Crippen LogP) is 1.00. The van der Waals surface area contributed by atoms with Crippen LogP contribution in [0.15, 0.2) is 0 Å². The summed E-state index contributed by atoms with van der Waals surface area (Å²) >= 11 is 0. The van der Waals surface area contributed by atoms with Crippen LogP contribution in [0.25, 0.3) is 0 Å². The quantitative estimate of drug-likeness (QED) is 0.618.